The second kappa shape index (κ2) is 20.9. The Hall–Kier alpha value is -3.88. The molecule has 2 aromatic carbocycles. The van der Waals surface area contributed by atoms with Gasteiger partial charge < -0.3 is 36.8 Å². The molecule has 7 N–H and O–H groups in total. The number of nitrogens with zero attached hydrogens (tertiary/aromatic N) is 2. The molecule has 302 valence electrons. The maximum Gasteiger partial charge on any atom is 0.246 e. The maximum absolute atomic E-state index is 14.0. The van der Waals surface area contributed by atoms with Crippen molar-refractivity contribution in [2.45, 2.75) is 129 Å². The molecule has 0 bridgehead atoms. The van der Waals surface area contributed by atoms with Crippen LogP contribution in [0.2, 0.25) is 0 Å². The van der Waals surface area contributed by atoms with Crippen molar-refractivity contribution in [3.05, 3.63) is 76.4 Å². The van der Waals surface area contributed by atoms with E-state index >= 15 is 0 Å². The summed E-state index contributed by atoms with van der Waals surface area (Å²) in [5.41, 5.74) is 17.6. The number of aliphatic hydroxyl groups is 1. The predicted molar refractivity (Wildman–Crippen MR) is 218 cm³/mol. The summed E-state index contributed by atoms with van der Waals surface area (Å²) in [7, 11) is 0. The third-order valence-corrected chi connectivity index (χ3v) is 11.0. The number of thiazole rings is 1. The Bertz CT molecular complexity index is 1710. The molecule has 55 heavy (non-hydrogen) atoms. The van der Waals surface area contributed by atoms with E-state index in [1.54, 1.807) is 11.3 Å². The van der Waals surface area contributed by atoms with E-state index in [1.165, 1.54) is 4.90 Å². The number of β-amino-alcohol motifs (C(OH)–C–C–N with tert-alkyl or cyclic N) is 1. The van der Waals surface area contributed by atoms with E-state index in [-0.39, 0.29) is 80.0 Å². The quantitative estimate of drug-likeness (QED) is 0.110. The van der Waals surface area contributed by atoms with Gasteiger partial charge in [-0.05, 0) is 74.1 Å². The molecule has 0 unspecified atom stereocenters. The Balaban J connectivity index is 0.00000812. The van der Waals surface area contributed by atoms with Crippen LogP contribution < -0.4 is 22.1 Å². The van der Waals surface area contributed by atoms with Gasteiger partial charge in [-0.15, -0.1) is 23.7 Å². The minimum Gasteiger partial charge on any atom is -0.391 e. The first kappa shape index (κ1) is 45.5. The number of unbranched alkanes of at least 4 members (excludes halogenated alkanes) is 1. The van der Waals surface area contributed by atoms with Crippen LogP contribution in [0.3, 0.4) is 0 Å². The van der Waals surface area contributed by atoms with Gasteiger partial charge in [-0.2, -0.15) is 0 Å². The van der Waals surface area contributed by atoms with Crippen molar-refractivity contribution in [2.24, 2.45) is 16.9 Å². The highest BCUT2D eigenvalue weighted by atomic mass is 35.5. The Kier molecular flexibility index (Phi) is 17.3. The Morgan fingerprint density at radius 2 is 1.65 bits per heavy atom. The van der Waals surface area contributed by atoms with Gasteiger partial charge in [-0.3, -0.25) is 19.2 Å². The molecule has 12 nitrogen and oxygen atoms in total. The van der Waals surface area contributed by atoms with E-state index in [9.17, 15) is 24.3 Å². The van der Waals surface area contributed by atoms with Crippen molar-refractivity contribution in [1.82, 2.24) is 20.5 Å². The average molecular weight is 799 g/mol. The topological polar surface area (TPSA) is 190 Å². The summed E-state index contributed by atoms with van der Waals surface area (Å²) in [5.74, 6) is -1.33. The van der Waals surface area contributed by atoms with Gasteiger partial charge in [0.05, 0.1) is 40.9 Å². The normalized spacial score (nSPS) is 17.8. The Morgan fingerprint density at radius 1 is 1.00 bits per heavy atom. The second-order valence-electron chi connectivity index (χ2n) is 15.6. The first-order chi connectivity index (χ1) is 25.5. The highest BCUT2D eigenvalue weighted by Gasteiger charge is 2.44. The average Bonchev–Trinajstić information content (AvgIpc) is 3.75. The van der Waals surface area contributed by atoms with Crippen LogP contribution in [0.15, 0.2) is 54.0 Å². The number of halogens is 1. The lowest BCUT2D eigenvalue weighted by atomic mass is 9.85. The molecule has 1 aromatic heterocycles. The van der Waals surface area contributed by atoms with Crippen LogP contribution in [0.25, 0.3) is 10.4 Å². The summed E-state index contributed by atoms with van der Waals surface area (Å²) < 4.78 is 5.88. The fourth-order valence-corrected chi connectivity index (χ4v) is 7.37. The van der Waals surface area contributed by atoms with Crippen LogP contribution in [0.5, 0.6) is 0 Å². The minimum absolute atomic E-state index is 0. The van der Waals surface area contributed by atoms with Crippen LogP contribution in [0.4, 0.5) is 0 Å². The molecule has 1 saturated heterocycles. The van der Waals surface area contributed by atoms with Gasteiger partial charge in [0.2, 0.25) is 23.6 Å². The van der Waals surface area contributed by atoms with Gasteiger partial charge >= 0.3 is 0 Å². The molecular weight excluding hydrogens is 740 g/mol. The number of likely N-dealkylation sites (tertiary alicyclic amines) is 1. The number of nitrogens with one attached hydrogen (secondary N) is 2. The van der Waals surface area contributed by atoms with E-state index < -0.39 is 23.6 Å². The third kappa shape index (κ3) is 13.4. The molecule has 0 saturated carbocycles. The summed E-state index contributed by atoms with van der Waals surface area (Å²) in [4.78, 5) is 58.6. The van der Waals surface area contributed by atoms with Gasteiger partial charge in [0.15, 0.2) is 0 Å². The summed E-state index contributed by atoms with van der Waals surface area (Å²) in [6.07, 6.45) is 2.25. The van der Waals surface area contributed by atoms with Gasteiger partial charge in [-0.25, -0.2) is 4.98 Å². The van der Waals surface area contributed by atoms with E-state index in [0.29, 0.717) is 19.4 Å². The number of aromatic nitrogens is 1. The van der Waals surface area contributed by atoms with E-state index in [2.05, 4.69) is 15.6 Å². The van der Waals surface area contributed by atoms with Crippen molar-refractivity contribution in [1.29, 1.82) is 0 Å². The number of aliphatic hydroxyl groups excluding tert-OH is 1. The van der Waals surface area contributed by atoms with E-state index in [4.69, 9.17) is 16.2 Å². The zero-order valence-corrected chi connectivity index (χ0v) is 34.5. The molecule has 1 aliphatic heterocycles. The number of amides is 4. The van der Waals surface area contributed by atoms with Crippen molar-refractivity contribution in [3.63, 3.8) is 0 Å². The SMILES string of the molecule is Cc1ncsc1-c1ccc([C@H](C)NC(=O)[C@@H]2C[C@@H](O)CN2C(=O)[C@@H](NC(=O)CCCCc2ccc(CO[C@H](C)[C@@H](N)CCC(N)=O)cc2)C(C)(C)C)cc1.Cl. The highest BCUT2D eigenvalue weighted by Crippen LogP contribution is 2.30. The van der Waals surface area contributed by atoms with Gasteiger partial charge in [0.1, 0.15) is 12.1 Å². The molecule has 4 rings (SSSR count). The summed E-state index contributed by atoms with van der Waals surface area (Å²) in [5, 5.41) is 16.6. The monoisotopic (exact) mass is 798 g/mol. The molecule has 14 heteroatoms. The van der Waals surface area contributed by atoms with Crippen LogP contribution in [-0.4, -0.2) is 75.5 Å². The smallest absolute Gasteiger partial charge is 0.246 e. The lowest BCUT2D eigenvalue weighted by Gasteiger charge is -2.35. The van der Waals surface area contributed by atoms with Gasteiger partial charge in [0, 0.05) is 31.8 Å². The molecule has 4 amide bonds. The molecule has 0 aliphatic carbocycles. The standard InChI is InChI=1S/C41H58N6O6S.ClH/c1-25(30-15-17-31(18-16-30)37-26(2)44-24-54-37)45-39(51)34-21-32(48)22-47(34)40(52)38(41(4,5)6)46-36(50)10-8-7-9-28-11-13-29(14-12-28)23-53-27(3)33(42)19-20-35(43)49;/h11-18,24-25,27,32-34,38,48H,7-10,19-23,42H2,1-6H3,(H2,43,49)(H,45,51)(H,46,50);1H/t25-,27+,32+,33-,34-,38+;/m0./s1. The Morgan fingerprint density at radius 3 is 2.25 bits per heavy atom. The molecular formula is C41H59ClN6O6S. The van der Waals surface area contributed by atoms with Crippen molar-refractivity contribution < 1.29 is 29.0 Å². The molecule has 0 radical (unpaired) electrons. The number of hydrogen-bond acceptors (Lipinski definition) is 9. The molecule has 3 aromatic rings. The number of rotatable bonds is 18. The number of nitrogens with two attached hydrogens (primary N) is 2. The number of ether oxygens (including phenoxy) is 1. The number of primary amides is 1. The summed E-state index contributed by atoms with van der Waals surface area (Å²) in [6.45, 7) is 11.8. The first-order valence-corrected chi connectivity index (χ1v) is 19.7. The molecule has 1 fully saturated rings. The zero-order chi connectivity index (χ0) is 39.6. The van der Waals surface area contributed by atoms with Gasteiger partial charge in [-0.1, -0.05) is 69.3 Å². The Labute approximate surface area is 335 Å². The van der Waals surface area contributed by atoms with E-state index in [1.807, 2.05) is 95.6 Å². The zero-order valence-electron chi connectivity index (χ0n) is 32.9. The molecule has 1 aliphatic rings. The van der Waals surface area contributed by atoms with Crippen molar-refractivity contribution >= 4 is 47.4 Å². The molecule has 6 atom stereocenters. The second-order valence-corrected chi connectivity index (χ2v) is 16.4. The van der Waals surface area contributed by atoms with Crippen molar-refractivity contribution in [2.75, 3.05) is 6.54 Å². The molecule has 2 heterocycles. The number of carbonyl (C=O) groups is 4. The third-order valence-electron chi connectivity index (χ3n) is 10.0. The minimum atomic E-state index is -0.874. The first-order valence-electron chi connectivity index (χ1n) is 18.9. The highest BCUT2D eigenvalue weighted by molar-refractivity contribution is 7.13. The lowest BCUT2D eigenvalue weighted by molar-refractivity contribution is -0.144. The number of benzene rings is 2. The lowest BCUT2D eigenvalue weighted by Crippen LogP contribution is -2.57. The van der Waals surface area contributed by atoms with Gasteiger partial charge in [0.25, 0.3) is 0 Å². The van der Waals surface area contributed by atoms with Crippen LogP contribution >= 0.6 is 23.7 Å². The van der Waals surface area contributed by atoms with Crippen LogP contribution in [0, 0.1) is 12.3 Å². The number of hydrogen-bond donors (Lipinski definition) is 5. The molecule has 0 spiro atoms. The number of carbonyl (C=O) groups excluding carboxylic acids is 4. The van der Waals surface area contributed by atoms with Crippen LogP contribution in [-0.2, 0) is 36.9 Å². The fourth-order valence-electron chi connectivity index (χ4n) is 6.56. The number of aryl methyl sites for hydroxylation is 2. The predicted octanol–water partition coefficient (Wildman–Crippen LogP) is 5.12. The van der Waals surface area contributed by atoms with Crippen LogP contribution in [0.1, 0.15) is 102 Å². The van der Waals surface area contributed by atoms with Crippen molar-refractivity contribution in [3.8, 4) is 10.4 Å². The fraction of sp³-hybridized carbons (Fsp3) is 0.537. The summed E-state index contributed by atoms with van der Waals surface area (Å²) in [6, 6.07) is 13.7. The largest absolute Gasteiger partial charge is 0.391 e. The van der Waals surface area contributed by atoms with E-state index in [0.717, 1.165) is 45.7 Å². The summed E-state index contributed by atoms with van der Waals surface area (Å²) >= 11 is 1.58. The maximum atomic E-state index is 14.0.